The lowest BCUT2D eigenvalue weighted by Crippen LogP contribution is -1.91. The minimum absolute atomic E-state index is 1.02. The van der Waals surface area contributed by atoms with Crippen LogP contribution in [0, 0.1) is 0 Å². The summed E-state index contributed by atoms with van der Waals surface area (Å²) in [6.45, 7) is 3.91. The molecule has 0 unspecified atom stereocenters. The van der Waals surface area contributed by atoms with Gasteiger partial charge >= 0.3 is 0 Å². The SMILES string of the molecule is CC(C)=NNc1ccccc1. The van der Waals surface area contributed by atoms with E-state index >= 15 is 0 Å². The number of benzene rings is 1. The minimum Gasteiger partial charge on any atom is -0.279 e. The van der Waals surface area contributed by atoms with Gasteiger partial charge in [-0.3, -0.25) is 5.43 Å². The molecule has 0 fully saturated rings. The van der Waals surface area contributed by atoms with E-state index in [9.17, 15) is 0 Å². The second-order valence-electron chi connectivity index (χ2n) is 2.54. The van der Waals surface area contributed by atoms with E-state index in [1.165, 1.54) is 0 Å². The summed E-state index contributed by atoms with van der Waals surface area (Å²) in [6.07, 6.45) is 0. The first-order valence-corrected chi connectivity index (χ1v) is 3.61. The molecule has 0 aliphatic rings. The van der Waals surface area contributed by atoms with Gasteiger partial charge < -0.3 is 0 Å². The molecule has 0 heterocycles. The highest BCUT2D eigenvalue weighted by atomic mass is 15.3. The summed E-state index contributed by atoms with van der Waals surface area (Å²) >= 11 is 0. The molecule has 0 radical (unpaired) electrons. The van der Waals surface area contributed by atoms with E-state index in [2.05, 4.69) is 10.5 Å². The van der Waals surface area contributed by atoms with Crippen molar-refractivity contribution in [1.82, 2.24) is 0 Å². The lowest BCUT2D eigenvalue weighted by Gasteiger charge is -1.98. The number of nitrogens with zero attached hydrogens (tertiary/aromatic N) is 1. The molecule has 58 valence electrons. The Bertz CT molecular complexity index is 235. The second-order valence-corrected chi connectivity index (χ2v) is 2.54. The second kappa shape index (κ2) is 3.76. The molecule has 1 N–H and O–H groups in total. The van der Waals surface area contributed by atoms with Gasteiger partial charge in [0.15, 0.2) is 0 Å². The van der Waals surface area contributed by atoms with Gasteiger partial charge in [-0.25, -0.2) is 0 Å². The van der Waals surface area contributed by atoms with Crippen molar-refractivity contribution in [3.8, 4) is 0 Å². The van der Waals surface area contributed by atoms with Crippen LogP contribution in [-0.4, -0.2) is 5.71 Å². The van der Waals surface area contributed by atoms with Gasteiger partial charge in [0.1, 0.15) is 0 Å². The Labute approximate surface area is 66.9 Å². The van der Waals surface area contributed by atoms with Gasteiger partial charge in [0.05, 0.1) is 5.69 Å². The van der Waals surface area contributed by atoms with Gasteiger partial charge in [-0.2, -0.15) is 5.10 Å². The van der Waals surface area contributed by atoms with Gasteiger partial charge in [-0.15, -0.1) is 0 Å². The Kier molecular flexibility index (Phi) is 2.66. The van der Waals surface area contributed by atoms with Gasteiger partial charge in [0.25, 0.3) is 0 Å². The zero-order valence-corrected chi connectivity index (χ0v) is 6.83. The Hall–Kier alpha value is -1.31. The number of hydrogen-bond acceptors (Lipinski definition) is 2. The highest BCUT2D eigenvalue weighted by molar-refractivity contribution is 5.79. The molecule has 0 saturated heterocycles. The number of hydrazone groups is 1. The first kappa shape index (κ1) is 7.79. The molecular weight excluding hydrogens is 136 g/mol. The summed E-state index contributed by atoms with van der Waals surface area (Å²) < 4.78 is 0. The number of hydrogen-bond donors (Lipinski definition) is 1. The van der Waals surface area contributed by atoms with Crippen LogP contribution < -0.4 is 5.43 Å². The fourth-order valence-electron chi connectivity index (χ4n) is 0.689. The number of anilines is 1. The highest BCUT2D eigenvalue weighted by Crippen LogP contribution is 2.03. The quantitative estimate of drug-likeness (QED) is 0.505. The standard InChI is InChI=1S/C9H12N2/c1-8(2)10-11-9-6-4-3-5-7-9/h3-7,11H,1-2H3. The predicted molar refractivity (Wildman–Crippen MR) is 48.8 cm³/mol. The first-order valence-electron chi connectivity index (χ1n) is 3.61. The third-order valence-corrected chi connectivity index (χ3v) is 1.18. The van der Waals surface area contributed by atoms with E-state index in [4.69, 9.17) is 0 Å². The Balaban J connectivity index is 2.59. The molecule has 0 spiro atoms. The number of nitrogens with one attached hydrogen (secondary N) is 1. The van der Waals surface area contributed by atoms with Crippen LogP contribution >= 0.6 is 0 Å². The van der Waals surface area contributed by atoms with E-state index in [0.29, 0.717) is 0 Å². The van der Waals surface area contributed by atoms with Crippen LogP contribution in [0.1, 0.15) is 13.8 Å². The lowest BCUT2D eigenvalue weighted by molar-refractivity contribution is 1.32. The molecule has 0 aliphatic carbocycles. The van der Waals surface area contributed by atoms with Crippen LogP contribution in [-0.2, 0) is 0 Å². The van der Waals surface area contributed by atoms with Crippen LogP contribution in [0.25, 0.3) is 0 Å². The number of rotatable bonds is 2. The van der Waals surface area contributed by atoms with E-state index in [1.807, 2.05) is 44.2 Å². The van der Waals surface area contributed by atoms with E-state index in [0.717, 1.165) is 11.4 Å². The topological polar surface area (TPSA) is 24.4 Å². The molecule has 0 aliphatic heterocycles. The zero-order chi connectivity index (χ0) is 8.10. The summed E-state index contributed by atoms with van der Waals surface area (Å²) in [6, 6.07) is 9.89. The molecule has 0 amide bonds. The van der Waals surface area contributed by atoms with Crippen molar-refractivity contribution in [3.63, 3.8) is 0 Å². The fourth-order valence-corrected chi connectivity index (χ4v) is 0.689. The molecular formula is C9H12N2. The summed E-state index contributed by atoms with van der Waals surface area (Å²) in [5.41, 5.74) is 4.98. The highest BCUT2D eigenvalue weighted by Gasteiger charge is 1.83. The van der Waals surface area contributed by atoms with Crippen LogP contribution in [0.4, 0.5) is 5.69 Å². The maximum absolute atomic E-state index is 4.06. The van der Waals surface area contributed by atoms with Crippen LogP contribution in [0.2, 0.25) is 0 Å². The molecule has 0 aromatic heterocycles. The van der Waals surface area contributed by atoms with Gasteiger partial charge in [-0.05, 0) is 26.0 Å². The van der Waals surface area contributed by atoms with Crippen LogP contribution in [0.15, 0.2) is 35.4 Å². The molecule has 2 heteroatoms. The smallest absolute Gasteiger partial charge is 0.0561 e. The molecule has 0 saturated carbocycles. The Morgan fingerprint density at radius 1 is 1.18 bits per heavy atom. The van der Waals surface area contributed by atoms with Crippen molar-refractivity contribution >= 4 is 11.4 Å². The van der Waals surface area contributed by atoms with Crippen molar-refractivity contribution in [2.75, 3.05) is 5.43 Å². The third-order valence-electron chi connectivity index (χ3n) is 1.18. The first-order chi connectivity index (χ1) is 5.29. The van der Waals surface area contributed by atoms with Gasteiger partial charge in [-0.1, -0.05) is 18.2 Å². The van der Waals surface area contributed by atoms with Crippen LogP contribution in [0.3, 0.4) is 0 Å². The lowest BCUT2D eigenvalue weighted by atomic mass is 10.3. The average Bonchev–Trinajstić information content (AvgIpc) is 2.03. The predicted octanol–water partition coefficient (Wildman–Crippen LogP) is 2.49. The van der Waals surface area contributed by atoms with Crippen molar-refractivity contribution in [2.24, 2.45) is 5.10 Å². The summed E-state index contributed by atoms with van der Waals surface area (Å²) in [5, 5.41) is 4.06. The number of para-hydroxylation sites is 1. The van der Waals surface area contributed by atoms with Crippen LogP contribution in [0.5, 0.6) is 0 Å². The van der Waals surface area contributed by atoms with E-state index < -0.39 is 0 Å². The summed E-state index contributed by atoms with van der Waals surface area (Å²) in [4.78, 5) is 0. The monoisotopic (exact) mass is 148 g/mol. The Morgan fingerprint density at radius 3 is 2.36 bits per heavy atom. The zero-order valence-electron chi connectivity index (χ0n) is 6.83. The molecule has 0 atom stereocenters. The van der Waals surface area contributed by atoms with E-state index in [1.54, 1.807) is 0 Å². The molecule has 1 rings (SSSR count). The normalized spacial score (nSPS) is 8.91. The molecule has 1 aromatic carbocycles. The van der Waals surface area contributed by atoms with Crippen molar-refractivity contribution in [2.45, 2.75) is 13.8 Å². The molecule has 2 nitrogen and oxygen atoms in total. The van der Waals surface area contributed by atoms with Crippen molar-refractivity contribution in [3.05, 3.63) is 30.3 Å². The molecule has 0 bridgehead atoms. The van der Waals surface area contributed by atoms with Gasteiger partial charge in [0.2, 0.25) is 0 Å². The Morgan fingerprint density at radius 2 is 1.82 bits per heavy atom. The maximum Gasteiger partial charge on any atom is 0.0561 e. The summed E-state index contributed by atoms with van der Waals surface area (Å²) in [7, 11) is 0. The van der Waals surface area contributed by atoms with Crippen molar-refractivity contribution < 1.29 is 0 Å². The maximum atomic E-state index is 4.06. The molecule has 11 heavy (non-hydrogen) atoms. The minimum atomic E-state index is 1.02. The fraction of sp³-hybridized carbons (Fsp3) is 0.222. The van der Waals surface area contributed by atoms with Gasteiger partial charge in [0, 0.05) is 5.71 Å². The average molecular weight is 148 g/mol. The van der Waals surface area contributed by atoms with E-state index in [-0.39, 0.29) is 0 Å². The molecule has 1 aromatic rings. The summed E-state index contributed by atoms with van der Waals surface area (Å²) in [5.74, 6) is 0. The largest absolute Gasteiger partial charge is 0.279 e. The van der Waals surface area contributed by atoms with Crippen molar-refractivity contribution in [1.29, 1.82) is 0 Å². The third kappa shape index (κ3) is 2.85.